The lowest BCUT2D eigenvalue weighted by Gasteiger charge is -2.27. The van der Waals surface area contributed by atoms with Gasteiger partial charge in [-0.05, 0) is 35.6 Å². The summed E-state index contributed by atoms with van der Waals surface area (Å²) in [6.07, 6.45) is 1.84. The Morgan fingerprint density at radius 2 is 2.26 bits per heavy atom. The summed E-state index contributed by atoms with van der Waals surface area (Å²) in [5.74, 6) is -0.457. The van der Waals surface area contributed by atoms with E-state index in [4.69, 9.17) is 4.74 Å². The molecule has 1 aliphatic heterocycles. The van der Waals surface area contributed by atoms with E-state index in [1.165, 1.54) is 30.2 Å². The molecule has 0 saturated heterocycles. The number of thiophene rings is 1. The van der Waals surface area contributed by atoms with E-state index in [-0.39, 0.29) is 5.56 Å². The maximum atomic E-state index is 12.6. The van der Waals surface area contributed by atoms with E-state index in [0.29, 0.717) is 27.8 Å². The molecule has 0 aliphatic carbocycles. The molecule has 1 aliphatic rings. The zero-order chi connectivity index (χ0) is 16.6. The molecule has 0 spiro atoms. The molecule has 0 radical (unpaired) electrons. The highest BCUT2D eigenvalue weighted by molar-refractivity contribution is 7.98. The molecular formula is C15H15N3O3S2. The Bertz CT molecular complexity index is 840. The van der Waals surface area contributed by atoms with Crippen molar-refractivity contribution in [2.75, 3.05) is 18.7 Å². The Morgan fingerprint density at radius 1 is 1.48 bits per heavy atom. The third-order valence-corrected chi connectivity index (χ3v) is 4.98. The van der Waals surface area contributed by atoms with Gasteiger partial charge in [0.25, 0.3) is 5.56 Å². The van der Waals surface area contributed by atoms with Crippen molar-refractivity contribution in [3.8, 4) is 0 Å². The predicted molar refractivity (Wildman–Crippen MR) is 91.1 cm³/mol. The van der Waals surface area contributed by atoms with E-state index in [2.05, 4.69) is 15.3 Å². The SMILES string of the molecule is COC(=O)C1=C(C)Nc2nc(SC)[nH]c(=O)c2C1c1ccsc1. The van der Waals surface area contributed by atoms with Crippen LogP contribution in [-0.2, 0) is 9.53 Å². The summed E-state index contributed by atoms with van der Waals surface area (Å²) >= 11 is 2.87. The van der Waals surface area contributed by atoms with Gasteiger partial charge in [0.05, 0.1) is 24.2 Å². The van der Waals surface area contributed by atoms with E-state index >= 15 is 0 Å². The predicted octanol–water partition coefficient (Wildman–Crippen LogP) is 2.56. The lowest BCUT2D eigenvalue weighted by atomic mass is 9.83. The Morgan fingerprint density at radius 3 is 2.87 bits per heavy atom. The second kappa shape index (κ2) is 6.21. The Balaban J connectivity index is 2.27. The summed E-state index contributed by atoms with van der Waals surface area (Å²) in [6.45, 7) is 1.79. The van der Waals surface area contributed by atoms with Crippen molar-refractivity contribution in [1.29, 1.82) is 0 Å². The molecule has 23 heavy (non-hydrogen) atoms. The summed E-state index contributed by atoms with van der Waals surface area (Å²) in [4.78, 5) is 32.1. The first-order valence-electron chi connectivity index (χ1n) is 6.83. The Hall–Kier alpha value is -2.06. The first-order valence-corrected chi connectivity index (χ1v) is 9.00. The molecule has 1 unspecified atom stereocenters. The minimum atomic E-state index is -0.489. The number of hydrogen-bond acceptors (Lipinski definition) is 7. The van der Waals surface area contributed by atoms with Crippen molar-refractivity contribution in [3.05, 3.63) is 49.6 Å². The molecule has 0 saturated carbocycles. The van der Waals surface area contributed by atoms with Gasteiger partial charge in [-0.2, -0.15) is 11.3 Å². The zero-order valence-corrected chi connectivity index (χ0v) is 14.4. The third kappa shape index (κ3) is 2.68. The number of hydrogen-bond donors (Lipinski definition) is 2. The number of nitrogens with one attached hydrogen (secondary N) is 2. The normalized spacial score (nSPS) is 16.7. The number of H-pyrrole nitrogens is 1. The molecule has 2 aromatic rings. The van der Waals surface area contributed by atoms with Crippen LogP contribution in [-0.4, -0.2) is 29.3 Å². The fraction of sp³-hybridized carbons (Fsp3) is 0.267. The molecule has 3 heterocycles. The van der Waals surface area contributed by atoms with Crippen molar-refractivity contribution < 1.29 is 9.53 Å². The van der Waals surface area contributed by atoms with Crippen LogP contribution in [0.15, 0.2) is 38.0 Å². The Labute approximate surface area is 141 Å². The van der Waals surface area contributed by atoms with Gasteiger partial charge in [-0.3, -0.25) is 4.79 Å². The van der Waals surface area contributed by atoms with Crippen LogP contribution in [0.2, 0.25) is 0 Å². The largest absolute Gasteiger partial charge is 0.466 e. The quantitative estimate of drug-likeness (QED) is 0.503. The molecule has 0 aromatic carbocycles. The molecule has 120 valence electrons. The number of fused-ring (bicyclic) bond motifs is 1. The van der Waals surface area contributed by atoms with E-state index in [1.807, 2.05) is 23.1 Å². The number of esters is 1. The molecule has 6 nitrogen and oxygen atoms in total. The lowest BCUT2D eigenvalue weighted by molar-refractivity contribution is -0.136. The number of anilines is 1. The molecule has 1 atom stereocenters. The van der Waals surface area contributed by atoms with E-state index in [0.717, 1.165) is 5.56 Å². The molecule has 0 fully saturated rings. The number of carbonyl (C=O) groups excluding carboxylic acids is 1. The van der Waals surface area contributed by atoms with Gasteiger partial charge in [0.2, 0.25) is 0 Å². The fourth-order valence-corrected chi connectivity index (χ4v) is 3.74. The van der Waals surface area contributed by atoms with Gasteiger partial charge in [0.15, 0.2) is 5.16 Å². The smallest absolute Gasteiger partial charge is 0.336 e. The van der Waals surface area contributed by atoms with Crippen molar-refractivity contribution >= 4 is 34.9 Å². The summed E-state index contributed by atoms with van der Waals surface area (Å²) < 4.78 is 4.92. The van der Waals surface area contributed by atoms with Crippen molar-refractivity contribution in [2.24, 2.45) is 0 Å². The molecule has 0 amide bonds. The van der Waals surface area contributed by atoms with Crippen LogP contribution < -0.4 is 10.9 Å². The average molecular weight is 349 g/mol. The van der Waals surface area contributed by atoms with Crippen LogP contribution >= 0.6 is 23.1 Å². The van der Waals surface area contributed by atoms with Gasteiger partial charge in [-0.1, -0.05) is 11.8 Å². The van der Waals surface area contributed by atoms with Gasteiger partial charge in [-0.15, -0.1) is 0 Å². The van der Waals surface area contributed by atoms with Gasteiger partial charge in [0, 0.05) is 5.70 Å². The van der Waals surface area contributed by atoms with Crippen LogP contribution in [0.4, 0.5) is 5.82 Å². The molecular weight excluding hydrogens is 334 g/mol. The topological polar surface area (TPSA) is 84.1 Å². The second-order valence-electron chi connectivity index (χ2n) is 4.98. The van der Waals surface area contributed by atoms with Crippen LogP contribution in [0.5, 0.6) is 0 Å². The van der Waals surface area contributed by atoms with E-state index in [1.54, 1.807) is 6.92 Å². The first kappa shape index (κ1) is 15.8. The van der Waals surface area contributed by atoms with Gasteiger partial charge >= 0.3 is 5.97 Å². The monoisotopic (exact) mass is 349 g/mol. The molecule has 3 rings (SSSR count). The van der Waals surface area contributed by atoms with Crippen LogP contribution in [0.3, 0.4) is 0 Å². The molecule has 2 N–H and O–H groups in total. The summed E-state index contributed by atoms with van der Waals surface area (Å²) in [5, 5.41) is 7.44. The number of rotatable bonds is 3. The van der Waals surface area contributed by atoms with E-state index < -0.39 is 11.9 Å². The Kier molecular flexibility index (Phi) is 4.27. The van der Waals surface area contributed by atoms with Crippen molar-refractivity contribution in [1.82, 2.24) is 9.97 Å². The summed E-state index contributed by atoms with van der Waals surface area (Å²) in [7, 11) is 1.34. The summed E-state index contributed by atoms with van der Waals surface area (Å²) in [6, 6.07) is 1.91. The maximum Gasteiger partial charge on any atom is 0.336 e. The summed E-state index contributed by atoms with van der Waals surface area (Å²) in [5.41, 5.74) is 2.14. The van der Waals surface area contributed by atoms with Gasteiger partial charge in [0.1, 0.15) is 5.82 Å². The third-order valence-electron chi connectivity index (χ3n) is 3.70. The number of nitrogens with zero attached hydrogens (tertiary/aromatic N) is 1. The second-order valence-corrected chi connectivity index (χ2v) is 6.56. The van der Waals surface area contributed by atoms with Crippen LogP contribution in [0.25, 0.3) is 0 Å². The standard InChI is InChI=1S/C15H15N3O3S2/c1-7-9(14(20)21-2)10(8-4-5-23-6-8)11-12(16-7)17-15(22-3)18-13(11)19/h4-6,10H,1-3H3,(H2,16,17,18,19). The number of aromatic nitrogens is 2. The van der Waals surface area contributed by atoms with E-state index in [9.17, 15) is 9.59 Å². The lowest BCUT2D eigenvalue weighted by Crippen LogP contribution is -2.30. The number of methoxy groups -OCH3 is 1. The van der Waals surface area contributed by atoms with Crippen LogP contribution in [0.1, 0.15) is 24.0 Å². The number of ether oxygens (including phenoxy) is 1. The maximum absolute atomic E-state index is 12.6. The average Bonchev–Trinajstić information content (AvgIpc) is 3.06. The van der Waals surface area contributed by atoms with Gasteiger partial charge in [-0.25, -0.2) is 9.78 Å². The molecule has 8 heteroatoms. The number of thioether (sulfide) groups is 1. The van der Waals surface area contributed by atoms with Crippen LogP contribution in [0, 0.1) is 0 Å². The van der Waals surface area contributed by atoms with Crippen molar-refractivity contribution in [2.45, 2.75) is 18.0 Å². The molecule has 2 aromatic heterocycles. The highest BCUT2D eigenvalue weighted by Crippen LogP contribution is 2.40. The highest BCUT2D eigenvalue weighted by atomic mass is 32.2. The molecule has 0 bridgehead atoms. The first-order chi connectivity index (χ1) is 11.1. The number of allylic oxidation sites excluding steroid dienone is 1. The fourth-order valence-electron chi connectivity index (χ4n) is 2.68. The minimum absolute atomic E-state index is 0.253. The number of aromatic amines is 1. The minimum Gasteiger partial charge on any atom is -0.466 e. The zero-order valence-electron chi connectivity index (χ0n) is 12.8. The van der Waals surface area contributed by atoms with Gasteiger partial charge < -0.3 is 15.0 Å². The number of carbonyl (C=O) groups is 1. The van der Waals surface area contributed by atoms with Crippen molar-refractivity contribution in [3.63, 3.8) is 0 Å². The highest BCUT2D eigenvalue weighted by Gasteiger charge is 2.36.